The molecule has 1 aromatic carbocycles. The van der Waals surface area contributed by atoms with Gasteiger partial charge < -0.3 is 14.5 Å². The number of methoxy groups -OCH3 is 1. The highest BCUT2D eigenvalue weighted by Crippen LogP contribution is 2.24. The normalized spacial score (nSPS) is 16.0. The molecule has 0 radical (unpaired) electrons. The topological polar surface area (TPSA) is 116 Å². The highest BCUT2D eigenvalue weighted by molar-refractivity contribution is 7.98. The molecule has 3 aromatic heterocycles. The van der Waals surface area contributed by atoms with Gasteiger partial charge in [0.25, 0.3) is 11.1 Å². The van der Waals surface area contributed by atoms with E-state index in [4.69, 9.17) is 14.5 Å². The van der Waals surface area contributed by atoms with Crippen LogP contribution in [0.3, 0.4) is 0 Å². The molecule has 4 aromatic rings. The van der Waals surface area contributed by atoms with Crippen molar-refractivity contribution in [1.82, 2.24) is 19.5 Å². The number of carbonyl (C=O) groups excluding carboxylic acids is 1. The van der Waals surface area contributed by atoms with Crippen molar-refractivity contribution >= 4 is 50.2 Å². The summed E-state index contributed by atoms with van der Waals surface area (Å²) in [6, 6.07) is 6.52. The van der Waals surface area contributed by atoms with Crippen LogP contribution < -0.4 is 11.1 Å². The number of benzene rings is 1. The van der Waals surface area contributed by atoms with Crippen LogP contribution in [-0.4, -0.2) is 45.3 Å². The molecule has 0 aliphatic carbocycles. The maximum atomic E-state index is 13.4. The van der Waals surface area contributed by atoms with Gasteiger partial charge in [0.05, 0.1) is 47.5 Å². The first kappa shape index (κ1) is 21.8. The van der Waals surface area contributed by atoms with Crippen LogP contribution in [0.4, 0.5) is 0 Å². The van der Waals surface area contributed by atoms with Crippen molar-refractivity contribution < 1.29 is 14.3 Å². The number of carbonyl (C=O) groups is 1. The Morgan fingerprint density at radius 3 is 2.97 bits per heavy atom. The average molecular weight is 485 g/mol. The Kier molecular flexibility index (Phi) is 6.00. The van der Waals surface area contributed by atoms with Gasteiger partial charge in [-0.3, -0.25) is 14.2 Å². The zero-order chi connectivity index (χ0) is 22.9. The quantitative estimate of drug-likeness (QED) is 0.252. The van der Waals surface area contributed by atoms with E-state index in [0.29, 0.717) is 56.6 Å². The third-order valence-corrected chi connectivity index (χ3v) is 7.34. The lowest BCUT2D eigenvalue weighted by molar-refractivity contribution is 0.0601. The first-order valence-corrected chi connectivity index (χ1v) is 12.2. The molecule has 0 saturated carbocycles. The maximum Gasteiger partial charge on any atom is 0.337 e. The summed E-state index contributed by atoms with van der Waals surface area (Å²) in [5, 5.41) is 2.71. The Hall–Kier alpha value is -3.02. The summed E-state index contributed by atoms with van der Waals surface area (Å²) in [6.07, 6.45) is 1.77. The molecule has 1 atom stereocenters. The Morgan fingerprint density at radius 1 is 1.30 bits per heavy atom. The number of aromatic nitrogens is 4. The molecular formula is C22H20N4O5S2. The van der Waals surface area contributed by atoms with Crippen molar-refractivity contribution in [2.24, 2.45) is 0 Å². The van der Waals surface area contributed by atoms with E-state index in [1.165, 1.54) is 30.2 Å². The number of nitrogens with one attached hydrogen (secondary N) is 1. The fourth-order valence-corrected chi connectivity index (χ4v) is 5.44. The van der Waals surface area contributed by atoms with Crippen molar-refractivity contribution in [3.8, 4) is 0 Å². The van der Waals surface area contributed by atoms with Gasteiger partial charge in [-0.1, -0.05) is 11.8 Å². The van der Waals surface area contributed by atoms with Crippen LogP contribution in [0, 0.1) is 0 Å². The summed E-state index contributed by atoms with van der Waals surface area (Å²) in [7, 11) is 1.30. The zero-order valence-corrected chi connectivity index (χ0v) is 19.3. The van der Waals surface area contributed by atoms with Gasteiger partial charge in [0.15, 0.2) is 5.16 Å². The molecule has 170 valence electrons. The van der Waals surface area contributed by atoms with Crippen molar-refractivity contribution in [3.63, 3.8) is 0 Å². The maximum absolute atomic E-state index is 13.4. The molecule has 1 aliphatic rings. The summed E-state index contributed by atoms with van der Waals surface area (Å²) in [4.78, 5) is 49.6. The predicted molar refractivity (Wildman–Crippen MR) is 126 cm³/mol. The zero-order valence-electron chi connectivity index (χ0n) is 17.7. The van der Waals surface area contributed by atoms with Crippen molar-refractivity contribution in [1.29, 1.82) is 0 Å². The highest BCUT2D eigenvalue weighted by Gasteiger charge is 2.21. The van der Waals surface area contributed by atoms with Gasteiger partial charge in [0.1, 0.15) is 10.5 Å². The Bertz CT molecular complexity index is 1470. The van der Waals surface area contributed by atoms with E-state index < -0.39 is 5.97 Å². The molecule has 33 heavy (non-hydrogen) atoms. The number of thiophene rings is 1. The molecule has 1 N–H and O–H groups in total. The predicted octanol–water partition coefficient (Wildman–Crippen LogP) is 2.95. The van der Waals surface area contributed by atoms with Crippen molar-refractivity contribution in [2.45, 2.75) is 36.4 Å². The van der Waals surface area contributed by atoms with Crippen LogP contribution in [0.25, 0.3) is 21.1 Å². The van der Waals surface area contributed by atoms with E-state index in [-0.39, 0.29) is 17.2 Å². The standard InChI is InChI=1S/C22H20N4O5S2/c1-30-21(29)12-4-5-14-16(9-12)24-22(26(20(14)28)10-13-3-2-7-31-13)33-11-17-23-15-6-8-32-18(15)19(27)25-17/h4-6,8-9,13H,2-3,7,10-11H2,1H3,(H,23,25,27). The van der Waals surface area contributed by atoms with Crippen molar-refractivity contribution in [2.75, 3.05) is 13.7 Å². The molecule has 0 bridgehead atoms. The second-order valence-corrected chi connectivity index (χ2v) is 9.46. The number of esters is 1. The van der Waals surface area contributed by atoms with Gasteiger partial charge in [-0.05, 0) is 42.5 Å². The number of fused-ring (bicyclic) bond motifs is 2. The summed E-state index contributed by atoms with van der Waals surface area (Å²) in [6.45, 7) is 1.06. The molecule has 1 aliphatic heterocycles. The van der Waals surface area contributed by atoms with Crippen LogP contribution in [0.5, 0.6) is 0 Å². The van der Waals surface area contributed by atoms with Crippen LogP contribution in [-0.2, 0) is 21.8 Å². The average Bonchev–Trinajstić information content (AvgIpc) is 3.51. The number of thioether (sulfide) groups is 1. The minimum absolute atomic E-state index is 0.0595. The SMILES string of the molecule is COC(=O)c1ccc2c(=O)n(CC3CCCO3)c(SCc3nc4ccsc4c(=O)[nH]3)nc2c1. The van der Waals surface area contributed by atoms with Gasteiger partial charge in [-0.15, -0.1) is 11.3 Å². The smallest absolute Gasteiger partial charge is 0.337 e. The first-order valence-electron chi connectivity index (χ1n) is 10.4. The lowest BCUT2D eigenvalue weighted by atomic mass is 10.1. The van der Waals surface area contributed by atoms with Crippen LogP contribution >= 0.6 is 23.1 Å². The minimum Gasteiger partial charge on any atom is -0.465 e. The monoisotopic (exact) mass is 484 g/mol. The molecule has 11 heteroatoms. The van der Waals surface area contributed by atoms with E-state index >= 15 is 0 Å². The first-order chi connectivity index (χ1) is 16.0. The summed E-state index contributed by atoms with van der Waals surface area (Å²) >= 11 is 2.65. The van der Waals surface area contributed by atoms with E-state index in [1.807, 2.05) is 5.38 Å². The van der Waals surface area contributed by atoms with Crippen LogP contribution in [0.1, 0.15) is 29.0 Å². The van der Waals surface area contributed by atoms with Gasteiger partial charge in [0.2, 0.25) is 0 Å². The molecule has 9 nitrogen and oxygen atoms in total. The van der Waals surface area contributed by atoms with Crippen molar-refractivity contribution in [3.05, 3.63) is 61.7 Å². The van der Waals surface area contributed by atoms with Crippen LogP contribution in [0.2, 0.25) is 0 Å². The number of hydrogen-bond acceptors (Lipinski definition) is 9. The van der Waals surface area contributed by atoms with Crippen LogP contribution in [0.15, 0.2) is 44.4 Å². The van der Waals surface area contributed by atoms with Gasteiger partial charge in [-0.25, -0.2) is 14.8 Å². The second kappa shape index (κ2) is 9.08. The van der Waals surface area contributed by atoms with Gasteiger partial charge >= 0.3 is 5.97 Å². The van der Waals surface area contributed by atoms with E-state index in [1.54, 1.807) is 28.8 Å². The Morgan fingerprint density at radius 2 is 2.18 bits per heavy atom. The number of hydrogen-bond donors (Lipinski definition) is 1. The summed E-state index contributed by atoms with van der Waals surface area (Å²) in [5.41, 5.74) is 0.980. The molecule has 4 heterocycles. The lowest BCUT2D eigenvalue weighted by Gasteiger charge is -2.16. The number of H-pyrrole nitrogens is 1. The third-order valence-electron chi connectivity index (χ3n) is 5.45. The highest BCUT2D eigenvalue weighted by atomic mass is 32.2. The Labute approximate surface area is 195 Å². The Balaban J connectivity index is 1.54. The fourth-order valence-electron chi connectivity index (χ4n) is 3.83. The molecule has 1 unspecified atom stereocenters. The van der Waals surface area contributed by atoms with E-state index in [9.17, 15) is 14.4 Å². The summed E-state index contributed by atoms with van der Waals surface area (Å²) in [5.74, 6) is 0.320. The van der Waals surface area contributed by atoms with E-state index in [2.05, 4.69) is 9.97 Å². The number of ether oxygens (including phenoxy) is 2. The minimum atomic E-state index is -0.498. The second-order valence-electron chi connectivity index (χ2n) is 7.60. The largest absolute Gasteiger partial charge is 0.465 e. The molecule has 1 saturated heterocycles. The fraction of sp³-hybridized carbons (Fsp3) is 0.318. The lowest BCUT2D eigenvalue weighted by Crippen LogP contribution is -2.29. The molecule has 1 fully saturated rings. The third kappa shape index (κ3) is 4.31. The molecule has 0 spiro atoms. The van der Waals surface area contributed by atoms with E-state index in [0.717, 1.165) is 12.8 Å². The number of nitrogens with zero attached hydrogens (tertiary/aromatic N) is 3. The van der Waals surface area contributed by atoms with Gasteiger partial charge in [0, 0.05) is 6.61 Å². The molecule has 0 amide bonds. The molecular weight excluding hydrogens is 464 g/mol. The van der Waals surface area contributed by atoms with Gasteiger partial charge in [-0.2, -0.15) is 0 Å². The molecule has 5 rings (SSSR count). The number of rotatable bonds is 6. The summed E-state index contributed by atoms with van der Waals surface area (Å²) < 4.78 is 12.7. The number of aromatic amines is 1.